The monoisotopic (exact) mass is 414 g/mol. The number of aromatic amines is 1. The Morgan fingerprint density at radius 2 is 1.73 bits per heavy atom. The van der Waals surface area contributed by atoms with Gasteiger partial charge in [-0.3, -0.25) is 4.79 Å². The summed E-state index contributed by atoms with van der Waals surface area (Å²) in [7, 11) is 0. The minimum absolute atomic E-state index is 0.144. The molecule has 30 heavy (non-hydrogen) atoms. The van der Waals surface area contributed by atoms with Crippen molar-refractivity contribution in [2.45, 2.75) is 53.1 Å². The number of hydrogen-bond acceptors (Lipinski definition) is 5. The Balaban J connectivity index is 1.99. The fraction of sp³-hybridized carbons (Fsp3) is 0.435. The van der Waals surface area contributed by atoms with Gasteiger partial charge in [-0.1, -0.05) is 37.3 Å². The highest BCUT2D eigenvalue weighted by atomic mass is 16.5. The van der Waals surface area contributed by atoms with Gasteiger partial charge in [0.15, 0.2) is 6.10 Å². The number of H-pyrrole nitrogens is 1. The van der Waals surface area contributed by atoms with Gasteiger partial charge in [-0.2, -0.15) is 0 Å². The number of nitrogens with one attached hydrogen (secondary N) is 2. The highest BCUT2D eigenvalue weighted by molar-refractivity contribution is 5.99. The standard InChI is InChI=1S/C23H30N2O5/c1-6-17(18-11-9-8-10-12-18)13-24-21(26)16(5)30-23(28)20-14(3)19(15(4)25-20)22(27)29-7-2/h8-12,16-17,25H,6-7,13H2,1-5H3,(H,24,26)/t16-,17+/m0/s1. The zero-order valence-electron chi connectivity index (χ0n) is 18.2. The molecule has 1 aromatic heterocycles. The van der Waals surface area contributed by atoms with Gasteiger partial charge in [0.2, 0.25) is 0 Å². The van der Waals surface area contributed by atoms with Crippen LogP contribution >= 0.6 is 0 Å². The third-order valence-electron chi connectivity index (χ3n) is 5.06. The molecule has 0 aliphatic carbocycles. The zero-order chi connectivity index (χ0) is 22.3. The number of benzene rings is 1. The van der Waals surface area contributed by atoms with Crippen molar-refractivity contribution in [3.05, 3.63) is 58.4 Å². The van der Waals surface area contributed by atoms with Gasteiger partial charge in [0.05, 0.1) is 12.2 Å². The van der Waals surface area contributed by atoms with Crippen molar-refractivity contribution in [1.29, 1.82) is 0 Å². The molecule has 7 heteroatoms. The highest BCUT2D eigenvalue weighted by Crippen LogP contribution is 2.21. The number of carbonyl (C=O) groups is 3. The molecule has 7 nitrogen and oxygen atoms in total. The maximum absolute atomic E-state index is 12.6. The van der Waals surface area contributed by atoms with Gasteiger partial charge in [-0.25, -0.2) is 9.59 Å². The Bertz CT molecular complexity index is 888. The average molecular weight is 415 g/mol. The molecule has 1 aromatic carbocycles. The maximum atomic E-state index is 12.6. The van der Waals surface area contributed by atoms with Gasteiger partial charge in [0, 0.05) is 18.2 Å². The first kappa shape index (κ1) is 23.2. The van der Waals surface area contributed by atoms with Crippen molar-refractivity contribution < 1.29 is 23.9 Å². The Kier molecular flexibility index (Phi) is 8.21. The number of ether oxygens (including phenoxy) is 2. The van der Waals surface area contributed by atoms with E-state index in [0.717, 1.165) is 12.0 Å². The first-order chi connectivity index (χ1) is 14.3. The molecule has 2 N–H and O–H groups in total. The molecule has 1 amide bonds. The van der Waals surface area contributed by atoms with E-state index in [2.05, 4.69) is 17.2 Å². The second-order valence-electron chi connectivity index (χ2n) is 7.15. The van der Waals surface area contributed by atoms with E-state index < -0.39 is 18.0 Å². The summed E-state index contributed by atoms with van der Waals surface area (Å²) in [5.41, 5.74) is 2.57. The van der Waals surface area contributed by atoms with E-state index >= 15 is 0 Å². The summed E-state index contributed by atoms with van der Waals surface area (Å²) < 4.78 is 10.4. The average Bonchev–Trinajstić information content (AvgIpc) is 3.03. The Morgan fingerprint density at radius 3 is 2.33 bits per heavy atom. The molecule has 2 atom stereocenters. The van der Waals surface area contributed by atoms with Crippen LogP contribution in [0.1, 0.15) is 70.8 Å². The first-order valence-corrected chi connectivity index (χ1v) is 10.2. The largest absolute Gasteiger partial charge is 0.462 e. The minimum atomic E-state index is -0.972. The van der Waals surface area contributed by atoms with Gasteiger partial charge < -0.3 is 19.8 Å². The van der Waals surface area contributed by atoms with E-state index in [1.165, 1.54) is 6.92 Å². The lowest BCUT2D eigenvalue weighted by Crippen LogP contribution is -2.38. The lowest BCUT2D eigenvalue weighted by Gasteiger charge is -2.18. The summed E-state index contributed by atoms with van der Waals surface area (Å²) in [4.78, 5) is 40.0. The van der Waals surface area contributed by atoms with Gasteiger partial charge in [0.1, 0.15) is 5.69 Å². The summed E-state index contributed by atoms with van der Waals surface area (Å²) in [6.45, 7) is 9.31. The van der Waals surface area contributed by atoms with Crippen molar-refractivity contribution in [3.8, 4) is 0 Å². The topological polar surface area (TPSA) is 97.5 Å². The number of amides is 1. The Morgan fingerprint density at radius 1 is 1.07 bits per heavy atom. The summed E-state index contributed by atoms with van der Waals surface area (Å²) in [6.07, 6.45) is -0.101. The molecule has 0 saturated carbocycles. The summed E-state index contributed by atoms with van der Waals surface area (Å²) in [6, 6.07) is 9.95. The molecule has 0 fully saturated rings. The van der Waals surface area contributed by atoms with Crippen LogP contribution < -0.4 is 5.32 Å². The van der Waals surface area contributed by atoms with Gasteiger partial charge in [-0.15, -0.1) is 0 Å². The fourth-order valence-corrected chi connectivity index (χ4v) is 3.33. The lowest BCUT2D eigenvalue weighted by molar-refractivity contribution is -0.129. The van der Waals surface area contributed by atoms with E-state index in [1.54, 1.807) is 20.8 Å². The third kappa shape index (κ3) is 5.49. The zero-order valence-corrected chi connectivity index (χ0v) is 18.2. The second-order valence-corrected chi connectivity index (χ2v) is 7.15. The Hall–Kier alpha value is -3.09. The number of rotatable bonds is 9. The van der Waals surface area contributed by atoms with Crippen LogP contribution in [0.5, 0.6) is 0 Å². The number of esters is 2. The SMILES string of the molecule is CCOC(=O)c1c(C)[nH]c(C(=O)O[C@@H](C)C(=O)NC[C@@H](CC)c2ccccc2)c1C. The third-order valence-corrected chi connectivity index (χ3v) is 5.06. The predicted octanol–water partition coefficient (Wildman–Crippen LogP) is 3.66. The first-order valence-electron chi connectivity index (χ1n) is 10.2. The van der Waals surface area contributed by atoms with Crippen molar-refractivity contribution in [1.82, 2.24) is 10.3 Å². The van der Waals surface area contributed by atoms with Crippen molar-refractivity contribution in [3.63, 3.8) is 0 Å². The Labute approximate surface area is 177 Å². The highest BCUT2D eigenvalue weighted by Gasteiger charge is 2.26. The van der Waals surface area contributed by atoms with Crippen molar-refractivity contribution in [2.75, 3.05) is 13.2 Å². The van der Waals surface area contributed by atoms with E-state index in [-0.39, 0.29) is 24.1 Å². The molecular formula is C23H30N2O5. The van der Waals surface area contributed by atoms with E-state index in [0.29, 0.717) is 23.4 Å². The smallest absolute Gasteiger partial charge is 0.355 e. The minimum Gasteiger partial charge on any atom is -0.462 e. The molecular weight excluding hydrogens is 384 g/mol. The predicted molar refractivity (Wildman–Crippen MR) is 114 cm³/mol. The van der Waals surface area contributed by atoms with E-state index in [1.807, 2.05) is 30.3 Å². The summed E-state index contributed by atoms with van der Waals surface area (Å²) >= 11 is 0. The molecule has 0 unspecified atom stereocenters. The molecule has 0 aliphatic rings. The van der Waals surface area contributed by atoms with E-state index in [4.69, 9.17) is 9.47 Å². The van der Waals surface area contributed by atoms with Crippen molar-refractivity contribution >= 4 is 17.8 Å². The quantitative estimate of drug-likeness (QED) is 0.610. The van der Waals surface area contributed by atoms with Crippen LogP contribution in [0.3, 0.4) is 0 Å². The molecule has 0 bridgehead atoms. The molecule has 0 spiro atoms. The van der Waals surface area contributed by atoms with E-state index in [9.17, 15) is 14.4 Å². The van der Waals surface area contributed by atoms with Gasteiger partial charge >= 0.3 is 11.9 Å². The lowest BCUT2D eigenvalue weighted by atomic mass is 9.96. The van der Waals surface area contributed by atoms with Crippen LogP contribution in [-0.4, -0.2) is 42.1 Å². The van der Waals surface area contributed by atoms with Gasteiger partial charge in [-0.05, 0) is 45.2 Å². The van der Waals surface area contributed by atoms with Crippen molar-refractivity contribution in [2.24, 2.45) is 0 Å². The van der Waals surface area contributed by atoms with Gasteiger partial charge in [0.25, 0.3) is 5.91 Å². The molecule has 2 aromatic rings. The van der Waals surface area contributed by atoms with Crippen LogP contribution in [0.4, 0.5) is 0 Å². The van der Waals surface area contributed by atoms with Crippen LogP contribution in [0.2, 0.25) is 0 Å². The molecule has 1 heterocycles. The molecule has 0 aliphatic heterocycles. The summed E-state index contributed by atoms with van der Waals surface area (Å²) in [5.74, 6) is -1.38. The molecule has 0 saturated heterocycles. The second kappa shape index (κ2) is 10.6. The number of aromatic nitrogens is 1. The van der Waals surface area contributed by atoms with Crippen LogP contribution in [0.25, 0.3) is 0 Å². The maximum Gasteiger partial charge on any atom is 0.355 e. The number of carbonyl (C=O) groups excluding carboxylic acids is 3. The number of aryl methyl sites for hydroxylation is 1. The van der Waals surface area contributed by atoms with Crippen LogP contribution in [0.15, 0.2) is 30.3 Å². The van der Waals surface area contributed by atoms with Crippen LogP contribution in [0, 0.1) is 13.8 Å². The normalized spacial score (nSPS) is 12.7. The molecule has 2 rings (SSSR count). The molecule has 162 valence electrons. The summed E-state index contributed by atoms with van der Waals surface area (Å²) in [5, 5.41) is 2.85. The van der Waals surface area contributed by atoms with Crippen LogP contribution in [-0.2, 0) is 14.3 Å². The molecule has 0 radical (unpaired) electrons. The number of hydrogen-bond donors (Lipinski definition) is 2. The fourth-order valence-electron chi connectivity index (χ4n) is 3.33.